The second kappa shape index (κ2) is 7.65. The van der Waals surface area contributed by atoms with Gasteiger partial charge in [-0.25, -0.2) is 4.79 Å². The second-order valence-electron chi connectivity index (χ2n) is 3.83. The van der Waals surface area contributed by atoms with Gasteiger partial charge in [0.05, 0.1) is 0 Å². The highest BCUT2D eigenvalue weighted by molar-refractivity contribution is 5.76. The highest BCUT2D eigenvalue weighted by atomic mass is 16.5. The molecular weight excluding hydrogens is 196 g/mol. The molecule has 90 valence electrons. The Labute approximate surface area is 91.6 Å². The van der Waals surface area contributed by atoms with Gasteiger partial charge in [-0.15, -0.1) is 0 Å². The van der Waals surface area contributed by atoms with Gasteiger partial charge in [-0.2, -0.15) is 0 Å². The molecule has 1 unspecified atom stereocenters. The van der Waals surface area contributed by atoms with Gasteiger partial charge in [0, 0.05) is 26.7 Å². The van der Waals surface area contributed by atoms with Crippen molar-refractivity contribution in [2.24, 2.45) is 0 Å². The fourth-order valence-electron chi connectivity index (χ4n) is 1.19. The third kappa shape index (κ3) is 5.74. The molecule has 4 nitrogen and oxygen atoms in total. The highest BCUT2D eigenvalue weighted by Gasteiger charge is 2.33. The zero-order valence-electron chi connectivity index (χ0n) is 9.91. The molecule has 0 heterocycles. The smallest absolute Gasteiger partial charge is 0.335 e. The van der Waals surface area contributed by atoms with Crippen LogP contribution in [0.25, 0.3) is 0 Å². The van der Waals surface area contributed by atoms with E-state index in [4.69, 9.17) is 14.6 Å². The Hall–Kier alpha value is -0.610. The van der Waals surface area contributed by atoms with Crippen LogP contribution in [0.5, 0.6) is 0 Å². The van der Waals surface area contributed by atoms with Crippen LogP contribution in [0.2, 0.25) is 0 Å². The highest BCUT2D eigenvalue weighted by Crippen LogP contribution is 2.16. The van der Waals surface area contributed by atoms with E-state index >= 15 is 0 Å². The predicted octanol–water partition coefficient (Wildman–Crippen LogP) is 2.07. The number of methoxy groups -OCH3 is 1. The molecule has 0 aliphatic heterocycles. The summed E-state index contributed by atoms with van der Waals surface area (Å²) in [6, 6.07) is 0. The number of carboxylic acids is 1. The standard InChI is InChI=1S/C11H22O4/c1-4-5-6-8-15-11(2,10(12)13)7-9-14-3/h4-9H2,1-3H3,(H,12,13). The van der Waals surface area contributed by atoms with Crippen LogP contribution in [-0.4, -0.2) is 37.0 Å². The van der Waals surface area contributed by atoms with E-state index in [9.17, 15) is 4.79 Å². The lowest BCUT2D eigenvalue weighted by Gasteiger charge is -2.24. The molecular formula is C11H22O4. The SMILES string of the molecule is CCCCCOC(C)(CCOC)C(=O)O. The molecule has 0 bridgehead atoms. The van der Waals surface area contributed by atoms with Gasteiger partial charge in [0.1, 0.15) is 0 Å². The summed E-state index contributed by atoms with van der Waals surface area (Å²) < 4.78 is 10.3. The lowest BCUT2D eigenvalue weighted by atomic mass is 10.0. The minimum atomic E-state index is -1.11. The normalized spacial score (nSPS) is 14.9. The minimum absolute atomic E-state index is 0.380. The Morgan fingerprint density at radius 3 is 2.47 bits per heavy atom. The Morgan fingerprint density at radius 1 is 1.33 bits per heavy atom. The molecule has 1 N–H and O–H groups in total. The van der Waals surface area contributed by atoms with Crippen molar-refractivity contribution in [3.05, 3.63) is 0 Å². The van der Waals surface area contributed by atoms with Crippen LogP contribution in [-0.2, 0) is 14.3 Å². The molecule has 0 saturated carbocycles. The molecule has 4 heteroatoms. The predicted molar refractivity (Wildman–Crippen MR) is 58.0 cm³/mol. The van der Waals surface area contributed by atoms with Crippen molar-refractivity contribution in [1.29, 1.82) is 0 Å². The van der Waals surface area contributed by atoms with Crippen molar-refractivity contribution in [2.75, 3.05) is 20.3 Å². The summed E-state index contributed by atoms with van der Waals surface area (Å²) in [5.74, 6) is -0.920. The van der Waals surface area contributed by atoms with E-state index in [1.807, 2.05) is 0 Å². The second-order valence-corrected chi connectivity index (χ2v) is 3.83. The van der Waals surface area contributed by atoms with Crippen LogP contribution in [0.1, 0.15) is 39.5 Å². The lowest BCUT2D eigenvalue weighted by molar-refractivity contribution is -0.166. The van der Waals surface area contributed by atoms with Gasteiger partial charge in [-0.1, -0.05) is 19.8 Å². The maximum absolute atomic E-state index is 11.0. The molecule has 0 radical (unpaired) electrons. The van der Waals surface area contributed by atoms with Crippen molar-refractivity contribution < 1.29 is 19.4 Å². The topological polar surface area (TPSA) is 55.8 Å². The number of carboxylic acid groups (broad SMARTS) is 1. The molecule has 0 spiro atoms. The molecule has 0 aromatic carbocycles. The van der Waals surface area contributed by atoms with Gasteiger partial charge in [0.15, 0.2) is 5.60 Å². The number of ether oxygens (including phenoxy) is 2. The van der Waals surface area contributed by atoms with Crippen molar-refractivity contribution in [3.63, 3.8) is 0 Å². The van der Waals surface area contributed by atoms with E-state index in [0.29, 0.717) is 19.6 Å². The number of unbranched alkanes of at least 4 members (excludes halogenated alkanes) is 2. The number of hydrogen-bond acceptors (Lipinski definition) is 3. The van der Waals surface area contributed by atoms with Crippen LogP contribution < -0.4 is 0 Å². The molecule has 0 aliphatic carbocycles. The van der Waals surface area contributed by atoms with Crippen LogP contribution in [0.15, 0.2) is 0 Å². The number of carbonyl (C=O) groups is 1. The van der Waals surface area contributed by atoms with E-state index in [0.717, 1.165) is 19.3 Å². The van der Waals surface area contributed by atoms with Crippen molar-refractivity contribution in [1.82, 2.24) is 0 Å². The summed E-state index contributed by atoms with van der Waals surface area (Å²) in [6.07, 6.45) is 3.46. The summed E-state index contributed by atoms with van der Waals surface area (Å²) >= 11 is 0. The van der Waals surface area contributed by atoms with E-state index in [2.05, 4.69) is 6.92 Å². The number of rotatable bonds is 9. The summed E-state index contributed by atoms with van der Waals surface area (Å²) in [6.45, 7) is 4.60. The van der Waals surface area contributed by atoms with Gasteiger partial charge in [-0.05, 0) is 13.3 Å². The molecule has 0 aliphatic rings. The van der Waals surface area contributed by atoms with Crippen molar-refractivity contribution in [2.45, 2.75) is 45.1 Å². The molecule has 0 rings (SSSR count). The van der Waals surface area contributed by atoms with E-state index in [1.165, 1.54) is 0 Å². The maximum Gasteiger partial charge on any atom is 0.335 e. The van der Waals surface area contributed by atoms with Crippen LogP contribution in [0.4, 0.5) is 0 Å². The third-order valence-electron chi connectivity index (χ3n) is 2.40. The van der Waals surface area contributed by atoms with E-state index < -0.39 is 11.6 Å². The van der Waals surface area contributed by atoms with Crippen LogP contribution >= 0.6 is 0 Å². The third-order valence-corrected chi connectivity index (χ3v) is 2.40. The molecule has 0 aromatic heterocycles. The number of hydrogen-bond donors (Lipinski definition) is 1. The first kappa shape index (κ1) is 14.4. The van der Waals surface area contributed by atoms with Crippen molar-refractivity contribution >= 4 is 5.97 Å². The average Bonchev–Trinajstić information content (AvgIpc) is 2.21. The van der Waals surface area contributed by atoms with Gasteiger partial charge in [0.25, 0.3) is 0 Å². The first-order chi connectivity index (χ1) is 7.06. The molecule has 15 heavy (non-hydrogen) atoms. The number of aliphatic carboxylic acids is 1. The summed E-state index contributed by atoms with van der Waals surface area (Å²) in [7, 11) is 1.55. The Kier molecular flexibility index (Phi) is 7.34. The van der Waals surface area contributed by atoms with Crippen LogP contribution in [0, 0.1) is 0 Å². The fraction of sp³-hybridized carbons (Fsp3) is 0.909. The molecule has 0 amide bonds. The van der Waals surface area contributed by atoms with Crippen LogP contribution in [0.3, 0.4) is 0 Å². The summed E-state index contributed by atoms with van der Waals surface area (Å²) in [4.78, 5) is 11.0. The molecule has 0 aromatic rings. The first-order valence-electron chi connectivity index (χ1n) is 5.43. The van der Waals surface area contributed by atoms with Crippen molar-refractivity contribution in [3.8, 4) is 0 Å². The monoisotopic (exact) mass is 218 g/mol. The lowest BCUT2D eigenvalue weighted by Crippen LogP contribution is -2.39. The van der Waals surface area contributed by atoms with Gasteiger partial charge in [-0.3, -0.25) is 0 Å². The average molecular weight is 218 g/mol. The quantitative estimate of drug-likeness (QED) is 0.602. The summed E-state index contributed by atoms with van der Waals surface area (Å²) in [5, 5.41) is 9.04. The van der Waals surface area contributed by atoms with E-state index in [1.54, 1.807) is 14.0 Å². The van der Waals surface area contributed by atoms with E-state index in [-0.39, 0.29) is 0 Å². The zero-order chi connectivity index (χ0) is 11.7. The molecule has 1 atom stereocenters. The molecule has 0 saturated heterocycles. The van der Waals surface area contributed by atoms with Gasteiger partial charge >= 0.3 is 5.97 Å². The fourth-order valence-corrected chi connectivity index (χ4v) is 1.19. The summed E-state index contributed by atoms with van der Waals surface area (Å²) in [5.41, 5.74) is -1.11. The minimum Gasteiger partial charge on any atom is -0.479 e. The first-order valence-corrected chi connectivity index (χ1v) is 5.43. The van der Waals surface area contributed by atoms with Gasteiger partial charge in [0.2, 0.25) is 0 Å². The molecule has 0 fully saturated rings. The zero-order valence-corrected chi connectivity index (χ0v) is 9.91. The largest absolute Gasteiger partial charge is 0.479 e. The Morgan fingerprint density at radius 2 is 2.00 bits per heavy atom. The Balaban J connectivity index is 3.96. The maximum atomic E-state index is 11.0. The van der Waals surface area contributed by atoms with Gasteiger partial charge < -0.3 is 14.6 Å². The Bertz CT molecular complexity index is 181.